The lowest BCUT2D eigenvalue weighted by Gasteiger charge is -2.10. The Morgan fingerprint density at radius 1 is 1.47 bits per heavy atom. The van der Waals surface area contributed by atoms with Crippen molar-refractivity contribution in [2.75, 3.05) is 25.6 Å². The lowest BCUT2D eigenvalue weighted by molar-refractivity contribution is -0.128. The molecule has 0 heterocycles. The number of carbonyl (C=O) groups excluding carboxylic acids is 1. The second kappa shape index (κ2) is 7.82. The maximum Gasteiger partial charge on any atom is 0.222 e. The summed E-state index contributed by atoms with van der Waals surface area (Å²) < 4.78 is 11.5. The lowest BCUT2D eigenvalue weighted by Crippen LogP contribution is -2.27. The van der Waals surface area contributed by atoms with Gasteiger partial charge in [-0.15, -0.1) is 0 Å². The number of nitrogens with zero attached hydrogens (tertiary/aromatic N) is 1. The number of amides is 1. The van der Waals surface area contributed by atoms with Crippen molar-refractivity contribution in [1.29, 1.82) is 0 Å². The van der Waals surface area contributed by atoms with Crippen molar-refractivity contribution in [2.24, 2.45) is 5.73 Å². The first-order valence-corrected chi connectivity index (χ1v) is 6.76. The normalized spacial score (nSPS) is 14.7. The van der Waals surface area contributed by atoms with Crippen molar-refractivity contribution in [3.63, 3.8) is 0 Å². The maximum atomic E-state index is 11.5. The molecule has 1 amide bonds. The molecule has 2 atom stereocenters. The van der Waals surface area contributed by atoms with E-state index < -0.39 is 10.8 Å². The maximum absolute atomic E-state index is 11.5. The van der Waals surface area contributed by atoms with E-state index in [1.54, 1.807) is 19.0 Å². The Balaban J connectivity index is 3.60. The van der Waals surface area contributed by atoms with Gasteiger partial charge >= 0.3 is 0 Å². The average Bonchev–Trinajstić information content (AvgIpc) is 2.17. The molecule has 4 nitrogen and oxygen atoms in total. The van der Waals surface area contributed by atoms with Crippen molar-refractivity contribution in [1.82, 2.24) is 4.90 Å². The van der Waals surface area contributed by atoms with E-state index in [0.29, 0.717) is 24.3 Å². The molecule has 0 saturated heterocycles. The number of rotatable bonds is 7. The van der Waals surface area contributed by atoms with Gasteiger partial charge in [0.05, 0.1) is 0 Å². The highest BCUT2D eigenvalue weighted by Gasteiger charge is 2.08. The fourth-order valence-corrected chi connectivity index (χ4v) is 2.39. The minimum absolute atomic E-state index is 0.0235. The molecule has 0 aromatic rings. The highest BCUT2D eigenvalue weighted by atomic mass is 32.2. The first kappa shape index (κ1) is 14.6. The monoisotopic (exact) mass is 234 g/mol. The van der Waals surface area contributed by atoms with Crippen LogP contribution in [0, 0.1) is 0 Å². The Morgan fingerprint density at radius 3 is 2.53 bits per heavy atom. The van der Waals surface area contributed by atoms with Crippen LogP contribution in [0.25, 0.3) is 0 Å². The van der Waals surface area contributed by atoms with Crippen LogP contribution in [0.15, 0.2) is 0 Å². The van der Waals surface area contributed by atoms with Crippen LogP contribution >= 0.6 is 0 Å². The number of nitrogens with two attached hydrogens (primary N) is 1. The minimum atomic E-state index is -0.875. The molecular formula is C10H22N2O2S. The molecule has 0 bridgehead atoms. The molecule has 0 aromatic carbocycles. The molecule has 0 saturated carbocycles. The van der Waals surface area contributed by atoms with Gasteiger partial charge in [0.15, 0.2) is 0 Å². The summed E-state index contributed by atoms with van der Waals surface area (Å²) in [5.74, 6) is 1.21. The van der Waals surface area contributed by atoms with Crippen molar-refractivity contribution in [3.8, 4) is 0 Å². The minimum Gasteiger partial charge on any atom is -0.349 e. The topological polar surface area (TPSA) is 63.4 Å². The molecular weight excluding hydrogens is 212 g/mol. The highest BCUT2D eigenvalue weighted by Crippen LogP contribution is 1.98. The van der Waals surface area contributed by atoms with Crippen LogP contribution in [0.5, 0.6) is 0 Å². The van der Waals surface area contributed by atoms with Gasteiger partial charge < -0.3 is 10.6 Å². The van der Waals surface area contributed by atoms with Gasteiger partial charge in [0.25, 0.3) is 0 Å². The SMILES string of the molecule is CCC(N)CS(=O)CCCC(=O)N(C)C. The Kier molecular flexibility index (Phi) is 7.60. The second-order valence-electron chi connectivity index (χ2n) is 3.87. The van der Waals surface area contributed by atoms with Crippen LogP contribution in [0.2, 0.25) is 0 Å². The third kappa shape index (κ3) is 7.50. The zero-order chi connectivity index (χ0) is 11.8. The van der Waals surface area contributed by atoms with Crippen LogP contribution in [0.3, 0.4) is 0 Å². The third-order valence-corrected chi connectivity index (χ3v) is 3.73. The van der Waals surface area contributed by atoms with E-state index in [4.69, 9.17) is 5.73 Å². The summed E-state index contributed by atoms with van der Waals surface area (Å²) in [4.78, 5) is 12.8. The molecule has 2 N–H and O–H groups in total. The van der Waals surface area contributed by atoms with E-state index in [9.17, 15) is 9.00 Å². The largest absolute Gasteiger partial charge is 0.349 e. The van der Waals surface area contributed by atoms with E-state index in [-0.39, 0.29) is 11.9 Å². The van der Waals surface area contributed by atoms with E-state index >= 15 is 0 Å². The second-order valence-corrected chi connectivity index (χ2v) is 5.49. The zero-order valence-corrected chi connectivity index (χ0v) is 10.7. The fourth-order valence-electron chi connectivity index (χ4n) is 1.05. The van der Waals surface area contributed by atoms with Crippen LogP contribution in [-0.4, -0.2) is 46.7 Å². The Labute approximate surface area is 94.7 Å². The van der Waals surface area contributed by atoms with Gasteiger partial charge in [0.2, 0.25) is 5.91 Å². The first-order chi connectivity index (χ1) is 6.97. The van der Waals surface area contributed by atoms with Gasteiger partial charge in [-0.05, 0) is 12.8 Å². The van der Waals surface area contributed by atoms with Crippen molar-refractivity contribution < 1.29 is 9.00 Å². The molecule has 0 fully saturated rings. The Hall–Kier alpha value is -0.420. The quantitative estimate of drug-likeness (QED) is 0.691. The molecule has 0 aliphatic rings. The predicted octanol–water partition coefficient (Wildman–Crippen LogP) is 0.341. The first-order valence-electron chi connectivity index (χ1n) is 5.28. The van der Waals surface area contributed by atoms with Gasteiger partial charge in [-0.2, -0.15) is 0 Å². The van der Waals surface area contributed by atoms with E-state index in [1.165, 1.54) is 0 Å². The third-order valence-electron chi connectivity index (χ3n) is 2.19. The van der Waals surface area contributed by atoms with Gasteiger partial charge in [-0.25, -0.2) is 0 Å². The van der Waals surface area contributed by atoms with Gasteiger partial charge in [-0.1, -0.05) is 6.92 Å². The summed E-state index contributed by atoms with van der Waals surface area (Å²) in [5.41, 5.74) is 5.69. The molecule has 0 aliphatic carbocycles. The summed E-state index contributed by atoms with van der Waals surface area (Å²) in [6.45, 7) is 1.98. The predicted molar refractivity (Wildman–Crippen MR) is 64.1 cm³/mol. The van der Waals surface area contributed by atoms with E-state index in [1.807, 2.05) is 6.92 Å². The van der Waals surface area contributed by atoms with Gasteiger partial charge in [-0.3, -0.25) is 9.00 Å². The molecule has 0 aromatic heterocycles. The standard InChI is InChI=1S/C10H22N2O2S/c1-4-9(11)8-15(14)7-5-6-10(13)12(2)3/h9H,4-8,11H2,1-3H3. The number of hydrogen-bond donors (Lipinski definition) is 1. The van der Waals surface area contributed by atoms with Crippen molar-refractivity contribution >= 4 is 16.7 Å². The summed E-state index contributed by atoms with van der Waals surface area (Å²) in [7, 11) is 2.58. The molecule has 5 heteroatoms. The zero-order valence-electron chi connectivity index (χ0n) is 9.86. The van der Waals surface area contributed by atoms with Gasteiger partial charge in [0.1, 0.15) is 0 Å². The van der Waals surface area contributed by atoms with E-state index in [2.05, 4.69) is 0 Å². The van der Waals surface area contributed by atoms with Gasteiger partial charge in [0, 0.05) is 48.9 Å². The molecule has 0 radical (unpaired) electrons. The van der Waals surface area contributed by atoms with E-state index in [0.717, 1.165) is 6.42 Å². The van der Waals surface area contributed by atoms with Crippen LogP contribution in [-0.2, 0) is 15.6 Å². The summed E-state index contributed by atoms with van der Waals surface area (Å²) in [5, 5.41) is 0. The fraction of sp³-hybridized carbons (Fsp3) is 0.900. The highest BCUT2D eigenvalue weighted by molar-refractivity contribution is 7.85. The Morgan fingerprint density at radius 2 is 2.07 bits per heavy atom. The summed E-state index contributed by atoms with van der Waals surface area (Å²) in [6.07, 6.45) is 2.00. The summed E-state index contributed by atoms with van der Waals surface area (Å²) in [6, 6.07) is 0.0235. The molecule has 0 aliphatic heterocycles. The molecule has 0 spiro atoms. The van der Waals surface area contributed by atoms with Crippen LogP contribution in [0.4, 0.5) is 0 Å². The summed E-state index contributed by atoms with van der Waals surface area (Å²) >= 11 is 0. The molecule has 90 valence electrons. The Bertz CT molecular complexity index is 219. The van der Waals surface area contributed by atoms with Crippen molar-refractivity contribution in [3.05, 3.63) is 0 Å². The molecule has 0 rings (SSSR count). The molecule has 2 unspecified atom stereocenters. The number of carbonyl (C=O) groups is 1. The molecule has 15 heavy (non-hydrogen) atoms. The van der Waals surface area contributed by atoms with Crippen LogP contribution in [0.1, 0.15) is 26.2 Å². The lowest BCUT2D eigenvalue weighted by atomic mass is 10.3. The number of hydrogen-bond acceptors (Lipinski definition) is 3. The average molecular weight is 234 g/mol. The van der Waals surface area contributed by atoms with Crippen LogP contribution < -0.4 is 5.73 Å². The van der Waals surface area contributed by atoms with Crippen molar-refractivity contribution in [2.45, 2.75) is 32.2 Å². The smallest absolute Gasteiger partial charge is 0.222 e.